The number of hydrogen-bond donors (Lipinski definition) is 1. The fraction of sp³-hybridized carbons (Fsp3) is 0.143. The van der Waals surface area contributed by atoms with Crippen molar-refractivity contribution in [2.75, 3.05) is 0 Å². The van der Waals surface area contributed by atoms with E-state index >= 15 is 0 Å². The van der Waals surface area contributed by atoms with Crippen molar-refractivity contribution in [3.05, 3.63) is 81.6 Å². The average molecular weight is 367 g/mol. The summed E-state index contributed by atoms with van der Waals surface area (Å²) in [6.07, 6.45) is 1.83. The molecule has 0 amide bonds. The van der Waals surface area contributed by atoms with Gasteiger partial charge in [-0.1, -0.05) is 23.7 Å². The maximum atomic E-state index is 11.4. The summed E-state index contributed by atoms with van der Waals surface area (Å²) in [5, 5.41) is 9.53. The van der Waals surface area contributed by atoms with Gasteiger partial charge in [0.15, 0.2) is 0 Å². The Labute approximate surface area is 157 Å². The number of aromatic nitrogens is 1. The molecule has 0 bridgehead atoms. The second-order valence-electron chi connectivity index (χ2n) is 6.23. The SMILES string of the molecule is Cc1cccc(N=Cc2cc(C)n(-c3ccc(Cl)c(C(=O)O)c3)c2C)c1. The van der Waals surface area contributed by atoms with E-state index in [1.807, 2.05) is 68.0 Å². The van der Waals surface area contributed by atoms with E-state index in [4.69, 9.17) is 11.6 Å². The van der Waals surface area contributed by atoms with Gasteiger partial charge in [0.25, 0.3) is 0 Å². The normalized spacial score (nSPS) is 11.2. The first-order valence-corrected chi connectivity index (χ1v) is 8.57. The molecule has 0 atom stereocenters. The molecule has 0 aliphatic rings. The van der Waals surface area contributed by atoms with Gasteiger partial charge < -0.3 is 9.67 Å². The van der Waals surface area contributed by atoms with Crippen LogP contribution in [0.5, 0.6) is 0 Å². The van der Waals surface area contributed by atoms with Crippen molar-refractivity contribution in [2.24, 2.45) is 4.99 Å². The van der Waals surface area contributed by atoms with Crippen molar-refractivity contribution in [2.45, 2.75) is 20.8 Å². The third-order valence-corrected chi connectivity index (χ3v) is 4.59. The van der Waals surface area contributed by atoms with E-state index < -0.39 is 5.97 Å². The number of aryl methyl sites for hydroxylation is 2. The Morgan fingerprint density at radius 3 is 2.58 bits per heavy atom. The van der Waals surface area contributed by atoms with Crippen LogP contribution in [0.25, 0.3) is 5.69 Å². The van der Waals surface area contributed by atoms with Gasteiger partial charge in [-0.2, -0.15) is 0 Å². The van der Waals surface area contributed by atoms with Crippen LogP contribution in [0.3, 0.4) is 0 Å². The molecule has 0 aliphatic heterocycles. The van der Waals surface area contributed by atoms with E-state index in [0.29, 0.717) is 0 Å². The lowest BCUT2D eigenvalue weighted by molar-refractivity contribution is 0.0697. The van der Waals surface area contributed by atoms with Gasteiger partial charge in [0.05, 0.1) is 16.3 Å². The lowest BCUT2D eigenvalue weighted by Crippen LogP contribution is -2.03. The van der Waals surface area contributed by atoms with Crippen LogP contribution in [0.4, 0.5) is 5.69 Å². The van der Waals surface area contributed by atoms with Crippen LogP contribution in [-0.2, 0) is 0 Å². The summed E-state index contributed by atoms with van der Waals surface area (Å²) in [6, 6.07) is 15.0. The van der Waals surface area contributed by atoms with Gasteiger partial charge in [-0.3, -0.25) is 4.99 Å². The number of hydrogen-bond acceptors (Lipinski definition) is 2. The van der Waals surface area contributed by atoms with Crippen LogP contribution >= 0.6 is 11.6 Å². The Kier molecular flexibility index (Phi) is 4.96. The highest BCUT2D eigenvalue weighted by Crippen LogP contribution is 2.25. The van der Waals surface area contributed by atoms with Crippen molar-refractivity contribution in [1.29, 1.82) is 0 Å². The molecule has 0 aliphatic carbocycles. The van der Waals surface area contributed by atoms with E-state index in [1.54, 1.807) is 12.1 Å². The quantitative estimate of drug-likeness (QED) is 0.619. The van der Waals surface area contributed by atoms with Crippen molar-refractivity contribution >= 4 is 29.5 Å². The fourth-order valence-corrected chi connectivity index (χ4v) is 3.18. The van der Waals surface area contributed by atoms with Gasteiger partial charge in [-0.05, 0) is 62.7 Å². The number of halogens is 1. The summed E-state index contributed by atoms with van der Waals surface area (Å²) in [6.45, 7) is 6.00. The van der Waals surface area contributed by atoms with Crippen LogP contribution in [0.15, 0.2) is 53.5 Å². The maximum Gasteiger partial charge on any atom is 0.337 e. The number of carbonyl (C=O) groups is 1. The second kappa shape index (κ2) is 7.18. The molecule has 5 heteroatoms. The minimum absolute atomic E-state index is 0.0895. The number of nitrogens with zero attached hydrogens (tertiary/aromatic N) is 2. The molecule has 26 heavy (non-hydrogen) atoms. The van der Waals surface area contributed by atoms with Gasteiger partial charge in [0, 0.05) is 28.9 Å². The van der Waals surface area contributed by atoms with E-state index in [9.17, 15) is 9.90 Å². The van der Waals surface area contributed by atoms with Crippen LogP contribution in [0.2, 0.25) is 5.02 Å². The molecule has 0 unspecified atom stereocenters. The lowest BCUT2D eigenvalue weighted by Gasteiger charge is -2.11. The molecule has 132 valence electrons. The molecule has 1 N–H and O–H groups in total. The zero-order valence-corrected chi connectivity index (χ0v) is 15.6. The standard InChI is InChI=1S/C21H19ClN2O2/c1-13-5-4-6-17(9-13)23-12-16-10-14(2)24(15(16)3)18-7-8-20(22)19(11-18)21(25)26/h4-12H,1-3H3,(H,25,26). The summed E-state index contributed by atoms with van der Waals surface area (Å²) in [7, 11) is 0. The predicted molar refractivity (Wildman–Crippen MR) is 106 cm³/mol. The number of aromatic carboxylic acids is 1. The summed E-state index contributed by atoms with van der Waals surface area (Å²) >= 11 is 5.98. The first kappa shape index (κ1) is 18.0. The largest absolute Gasteiger partial charge is 0.478 e. The summed E-state index contributed by atoms with van der Waals surface area (Å²) in [5.74, 6) is -1.04. The summed E-state index contributed by atoms with van der Waals surface area (Å²) in [5.41, 5.74) is 5.87. The van der Waals surface area contributed by atoms with Gasteiger partial charge in [-0.15, -0.1) is 0 Å². The molecule has 0 spiro atoms. The molecule has 1 heterocycles. The fourth-order valence-electron chi connectivity index (χ4n) is 2.98. The van der Waals surface area contributed by atoms with Gasteiger partial charge in [0.2, 0.25) is 0 Å². The maximum absolute atomic E-state index is 11.4. The van der Waals surface area contributed by atoms with Crippen LogP contribution in [0.1, 0.15) is 32.9 Å². The average Bonchev–Trinajstić information content (AvgIpc) is 2.87. The van der Waals surface area contributed by atoms with E-state index in [1.165, 1.54) is 0 Å². The Morgan fingerprint density at radius 2 is 1.88 bits per heavy atom. The van der Waals surface area contributed by atoms with Crippen LogP contribution < -0.4 is 0 Å². The highest BCUT2D eigenvalue weighted by Gasteiger charge is 2.14. The smallest absolute Gasteiger partial charge is 0.337 e. The first-order chi connectivity index (χ1) is 12.4. The Morgan fingerprint density at radius 1 is 1.12 bits per heavy atom. The molecule has 0 saturated heterocycles. The molecular weight excluding hydrogens is 348 g/mol. The van der Waals surface area contributed by atoms with Crippen molar-refractivity contribution in [3.8, 4) is 5.69 Å². The van der Waals surface area contributed by atoms with Gasteiger partial charge >= 0.3 is 5.97 Å². The number of rotatable bonds is 4. The topological polar surface area (TPSA) is 54.6 Å². The van der Waals surface area contributed by atoms with E-state index in [2.05, 4.69) is 4.99 Å². The van der Waals surface area contributed by atoms with E-state index in [0.717, 1.165) is 33.9 Å². The number of aliphatic imine (C=N–C) groups is 1. The number of benzene rings is 2. The Balaban J connectivity index is 2.01. The van der Waals surface area contributed by atoms with Gasteiger partial charge in [-0.25, -0.2) is 4.79 Å². The minimum atomic E-state index is -1.04. The first-order valence-electron chi connectivity index (χ1n) is 8.19. The van der Waals surface area contributed by atoms with Crippen molar-refractivity contribution in [3.63, 3.8) is 0 Å². The molecule has 0 fully saturated rings. The Bertz CT molecular complexity index is 1020. The van der Waals surface area contributed by atoms with Crippen LogP contribution in [-0.4, -0.2) is 21.9 Å². The summed E-state index contributed by atoms with van der Waals surface area (Å²) < 4.78 is 2.00. The molecule has 3 aromatic rings. The third kappa shape index (κ3) is 3.55. The summed E-state index contributed by atoms with van der Waals surface area (Å²) in [4.78, 5) is 15.9. The van der Waals surface area contributed by atoms with Crippen LogP contribution in [0, 0.1) is 20.8 Å². The highest BCUT2D eigenvalue weighted by atomic mass is 35.5. The second-order valence-corrected chi connectivity index (χ2v) is 6.64. The molecule has 0 saturated carbocycles. The van der Waals surface area contributed by atoms with E-state index in [-0.39, 0.29) is 10.6 Å². The van der Waals surface area contributed by atoms with Crippen molar-refractivity contribution in [1.82, 2.24) is 4.57 Å². The molecular formula is C21H19ClN2O2. The highest BCUT2D eigenvalue weighted by molar-refractivity contribution is 6.33. The Hall–Kier alpha value is -2.85. The minimum Gasteiger partial charge on any atom is -0.478 e. The predicted octanol–water partition coefficient (Wildman–Crippen LogP) is 5.50. The molecule has 2 aromatic carbocycles. The zero-order chi connectivity index (χ0) is 18.8. The number of carboxylic acid groups (broad SMARTS) is 1. The molecule has 0 radical (unpaired) electrons. The van der Waals surface area contributed by atoms with Crippen molar-refractivity contribution < 1.29 is 9.90 Å². The monoisotopic (exact) mass is 366 g/mol. The van der Waals surface area contributed by atoms with Gasteiger partial charge in [0.1, 0.15) is 0 Å². The third-order valence-electron chi connectivity index (χ3n) is 4.26. The zero-order valence-electron chi connectivity index (χ0n) is 14.8. The molecule has 1 aromatic heterocycles. The lowest BCUT2D eigenvalue weighted by atomic mass is 10.2. The molecule has 3 rings (SSSR count). The molecule has 4 nitrogen and oxygen atoms in total. The number of carboxylic acids is 1.